The van der Waals surface area contributed by atoms with Crippen LogP contribution in [0.3, 0.4) is 0 Å². The quantitative estimate of drug-likeness (QED) is 0.844. The smallest absolute Gasteiger partial charge is 0.191 e. The maximum absolute atomic E-state index is 5.27. The van der Waals surface area contributed by atoms with Crippen LogP contribution in [-0.4, -0.2) is 47.5 Å². The SMILES string of the molecule is Cc1nc(CN2CCN(CCc3ccccc3)CC2)co1. The Morgan fingerprint density at radius 3 is 2.43 bits per heavy atom. The number of rotatable bonds is 5. The van der Waals surface area contributed by atoms with Gasteiger partial charge in [0, 0.05) is 46.2 Å². The zero-order valence-electron chi connectivity index (χ0n) is 12.7. The molecule has 0 bridgehead atoms. The molecule has 4 heteroatoms. The minimum atomic E-state index is 0.756. The Bertz CT molecular complexity index is 544. The predicted octanol–water partition coefficient (Wildman–Crippen LogP) is 2.34. The second-order valence-corrected chi connectivity index (χ2v) is 5.71. The molecule has 0 aliphatic carbocycles. The first-order valence-electron chi connectivity index (χ1n) is 7.69. The Morgan fingerprint density at radius 1 is 1.05 bits per heavy atom. The van der Waals surface area contributed by atoms with E-state index in [2.05, 4.69) is 45.1 Å². The molecular weight excluding hydrogens is 262 g/mol. The molecule has 0 saturated carbocycles. The lowest BCUT2D eigenvalue weighted by molar-refractivity contribution is 0.127. The topological polar surface area (TPSA) is 32.5 Å². The van der Waals surface area contributed by atoms with Gasteiger partial charge in [-0.25, -0.2) is 4.98 Å². The Morgan fingerprint density at radius 2 is 1.76 bits per heavy atom. The van der Waals surface area contributed by atoms with Crippen LogP contribution in [-0.2, 0) is 13.0 Å². The Balaban J connectivity index is 1.40. The lowest BCUT2D eigenvalue weighted by atomic mass is 10.1. The zero-order chi connectivity index (χ0) is 14.5. The summed E-state index contributed by atoms with van der Waals surface area (Å²) in [6.07, 6.45) is 2.92. The van der Waals surface area contributed by atoms with Crippen molar-refractivity contribution in [3.05, 3.63) is 53.7 Å². The van der Waals surface area contributed by atoms with E-state index in [1.54, 1.807) is 6.26 Å². The molecule has 1 aliphatic rings. The summed E-state index contributed by atoms with van der Waals surface area (Å²) < 4.78 is 5.27. The second kappa shape index (κ2) is 6.87. The Kier molecular flexibility index (Phi) is 4.68. The summed E-state index contributed by atoms with van der Waals surface area (Å²) >= 11 is 0. The van der Waals surface area contributed by atoms with Gasteiger partial charge in [0.05, 0.1) is 5.69 Å². The number of piperazine rings is 1. The number of aryl methyl sites for hydroxylation is 1. The highest BCUT2D eigenvalue weighted by Crippen LogP contribution is 2.09. The van der Waals surface area contributed by atoms with E-state index in [0.717, 1.165) is 57.3 Å². The minimum absolute atomic E-state index is 0.756. The predicted molar refractivity (Wildman–Crippen MR) is 83.1 cm³/mol. The van der Waals surface area contributed by atoms with Crippen LogP contribution in [0.2, 0.25) is 0 Å². The fraction of sp³-hybridized carbons (Fsp3) is 0.471. The van der Waals surface area contributed by atoms with E-state index in [1.165, 1.54) is 5.56 Å². The van der Waals surface area contributed by atoms with Crippen molar-refractivity contribution in [3.63, 3.8) is 0 Å². The second-order valence-electron chi connectivity index (χ2n) is 5.71. The fourth-order valence-electron chi connectivity index (χ4n) is 2.81. The molecule has 1 aromatic carbocycles. The van der Waals surface area contributed by atoms with Crippen LogP contribution in [0.5, 0.6) is 0 Å². The normalized spacial score (nSPS) is 17.2. The molecule has 1 aliphatic heterocycles. The molecule has 4 nitrogen and oxygen atoms in total. The number of benzene rings is 1. The molecule has 112 valence electrons. The van der Waals surface area contributed by atoms with Crippen LogP contribution < -0.4 is 0 Å². The molecular formula is C17H23N3O. The van der Waals surface area contributed by atoms with E-state index in [0.29, 0.717) is 0 Å². The van der Waals surface area contributed by atoms with E-state index in [9.17, 15) is 0 Å². The van der Waals surface area contributed by atoms with Gasteiger partial charge in [-0.05, 0) is 12.0 Å². The molecule has 0 spiro atoms. The van der Waals surface area contributed by atoms with Gasteiger partial charge in [-0.1, -0.05) is 30.3 Å². The van der Waals surface area contributed by atoms with Crippen molar-refractivity contribution >= 4 is 0 Å². The molecule has 2 heterocycles. The maximum atomic E-state index is 5.27. The van der Waals surface area contributed by atoms with Crippen molar-refractivity contribution < 1.29 is 4.42 Å². The van der Waals surface area contributed by atoms with E-state index < -0.39 is 0 Å². The molecule has 0 atom stereocenters. The third-order valence-corrected chi connectivity index (χ3v) is 4.08. The highest BCUT2D eigenvalue weighted by atomic mass is 16.3. The molecule has 1 aromatic heterocycles. The summed E-state index contributed by atoms with van der Waals surface area (Å²) in [5.41, 5.74) is 2.48. The van der Waals surface area contributed by atoms with Gasteiger partial charge in [0.2, 0.25) is 0 Å². The molecule has 0 radical (unpaired) electrons. The van der Waals surface area contributed by atoms with E-state index >= 15 is 0 Å². The molecule has 21 heavy (non-hydrogen) atoms. The van der Waals surface area contributed by atoms with Crippen LogP contribution in [0.25, 0.3) is 0 Å². The van der Waals surface area contributed by atoms with E-state index in [-0.39, 0.29) is 0 Å². The highest BCUT2D eigenvalue weighted by molar-refractivity contribution is 5.14. The number of hydrogen-bond donors (Lipinski definition) is 0. The number of hydrogen-bond acceptors (Lipinski definition) is 4. The minimum Gasteiger partial charge on any atom is -0.449 e. The number of nitrogens with zero attached hydrogens (tertiary/aromatic N) is 3. The molecule has 1 saturated heterocycles. The van der Waals surface area contributed by atoms with Crippen molar-refractivity contribution in [2.45, 2.75) is 19.9 Å². The molecule has 0 unspecified atom stereocenters. The van der Waals surface area contributed by atoms with Gasteiger partial charge in [0.25, 0.3) is 0 Å². The fourth-order valence-corrected chi connectivity index (χ4v) is 2.81. The van der Waals surface area contributed by atoms with Gasteiger partial charge in [-0.15, -0.1) is 0 Å². The summed E-state index contributed by atoms with van der Waals surface area (Å²) in [4.78, 5) is 9.39. The van der Waals surface area contributed by atoms with Crippen molar-refractivity contribution in [1.29, 1.82) is 0 Å². The van der Waals surface area contributed by atoms with Gasteiger partial charge in [-0.3, -0.25) is 4.90 Å². The largest absolute Gasteiger partial charge is 0.449 e. The van der Waals surface area contributed by atoms with Crippen LogP contribution in [0.1, 0.15) is 17.1 Å². The number of aromatic nitrogens is 1. The first kappa shape index (κ1) is 14.3. The summed E-state index contributed by atoms with van der Waals surface area (Å²) in [7, 11) is 0. The zero-order valence-corrected chi connectivity index (χ0v) is 12.7. The van der Waals surface area contributed by atoms with Crippen molar-refractivity contribution in [2.24, 2.45) is 0 Å². The van der Waals surface area contributed by atoms with E-state index in [1.807, 2.05) is 6.92 Å². The number of oxazole rings is 1. The van der Waals surface area contributed by atoms with Crippen LogP contribution in [0, 0.1) is 6.92 Å². The van der Waals surface area contributed by atoms with Crippen molar-refractivity contribution in [3.8, 4) is 0 Å². The first-order chi connectivity index (χ1) is 10.3. The lowest BCUT2D eigenvalue weighted by Crippen LogP contribution is -2.46. The van der Waals surface area contributed by atoms with Crippen molar-refractivity contribution in [1.82, 2.24) is 14.8 Å². The highest BCUT2D eigenvalue weighted by Gasteiger charge is 2.17. The monoisotopic (exact) mass is 285 g/mol. The Hall–Kier alpha value is -1.65. The van der Waals surface area contributed by atoms with E-state index in [4.69, 9.17) is 4.42 Å². The molecule has 2 aromatic rings. The molecule has 3 rings (SSSR count). The lowest BCUT2D eigenvalue weighted by Gasteiger charge is -2.34. The average Bonchev–Trinajstić information content (AvgIpc) is 2.93. The van der Waals surface area contributed by atoms with Gasteiger partial charge in [-0.2, -0.15) is 0 Å². The van der Waals surface area contributed by atoms with Gasteiger partial charge in [0.15, 0.2) is 5.89 Å². The van der Waals surface area contributed by atoms with Crippen molar-refractivity contribution in [2.75, 3.05) is 32.7 Å². The summed E-state index contributed by atoms with van der Waals surface area (Å²) in [5, 5.41) is 0. The van der Waals surface area contributed by atoms with Crippen LogP contribution in [0.4, 0.5) is 0 Å². The maximum Gasteiger partial charge on any atom is 0.191 e. The molecule has 1 fully saturated rings. The van der Waals surface area contributed by atoms with Gasteiger partial charge < -0.3 is 9.32 Å². The standard InChI is InChI=1S/C17H23N3O/c1-15-18-17(14-21-15)13-20-11-9-19(10-12-20)8-7-16-5-3-2-4-6-16/h2-6,14H,7-13H2,1H3. The third kappa shape index (κ3) is 4.16. The van der Waals surface area contributed by atoms with Crippen LogP contribution >= 0.6 is 0 Å². The summed E-state index contributed by atoms with van der Waals surface area (Å²) in [6, 6.07) is 10.7. The summed E-state index contributed by atoms with van der Waals surface area (Å²) in [5.74, 6) is 0.756. The summed E-state index contributed by atoms with van der Waals surface area (Å²) in [6.45, 7) is 8.46. The van der Waals surface area contributed by atoms with Gasteiger partial charge in [0.1, 0.15) is 6.26 Å². The first-order valence-corrected chi connectivity index (χ1v) is 7.69. The van der Waals surface area contributed by atoms with Gasteiger partial charge >= 0.3 is 0 Å². The van der Waals surface area contributed by atoms with Crippen LogP contribution in [0.15, 0.2) is 41.0 Å². The molecule has 0 N–H and O–H groups in total. The Labute approximate surface area is 126 Å². The third-order valence-electron chi connectivity index (χ3n) is 4.08. The average molecular weight is 285 g/mol. The molecule has 0 amide bonds.